The van der Waals surface area contributed by atoms with Crippen LogP contribution in [0.3, 0.4) is 0 Å². The zero-order chi connectivity index (χ0) is 18.9. The van der Waals surface area contributed by atoms with E-state index in [1.165, 1.54) is 5.56 Å². The normalized spacial score (nSPS) is 15.1. The molecule has 1 fully saturated rings. The average molecular weight is 371 g/mol. The molecule has 1 aromatic carbocycles. The molecule has 0 unspecified atom stereocenters. The maximum atomic E-state index is 11.8. The number of nitrogens with zero attached hydrogens (tertiary/aromatic N) is 3. The molecule has 0 saturated carbocycles. The Bertz CT molecular complexity index is 1110. The number of aromatic nitrogens is 3. The summed E-state index contributed by atoms with van der Waals surface area (Å²) < 4.78 is 2.16. The van der Waals surface area contributed by atoms with E-state index in [2.05, 4.69) is 50.1 Å². The van der Waals surface area contributed by atoms with Gasteiger partial charge in [-0.05, 0) is 35.4 Å². The first-order chi connectivity index (χ1) is 13.8. The SMILES string of the molecule is O=C1CN(Cc2c(-c3ccc[nH]3)nc3ccc(-c4ccccc4)cn23)CCN1. The molecule has 0 atom stereocenters. The molecule has 6 heteroatoms. The van der Waals surface area contributed by atoms with Crippen LogP contribution in [0, 0.1) is 0 Å². The third-order valence-electron chi connectivity index (χ3n) is 5.17. The van der Waals surface area contributed by atoms with Crippen LogP contribution in [0.5, 0.6) is 0 Å². The maximum Gasteiger partial charge on any atom is 0.234 e. The highest BCUT2D eigenvalue weighted by Gasteiger charge is 2.21. The van der Waals surface area contributed by atoms with Gasteiger partial charge in [0.1, 0.15) is 11.3 Å². The number of pyridine rings is 1. The lowest BCUT2D eigenvalue weighted by Crippen LogP contribution is -2.47. The van der Waals surface area contributed by atoms with Gasteiger partial charge in [0, 0.05) is 32.0 Å². The summed E-state index contributed by atoms with van der Waals surface area (Å²) in [7, 11) is 0. The van der Waals surface area contributed by atoms with Crippen LogP contribution in [-0.4, -0.2) is 44.8 Å². The first kappa shape index (κ1) is 16.8. The van der Waals surface area contributed by atoms with Crippen molar-refractivity contribution in [1.29, 1.82) is 0 Å². The van der Waals surface area contributed by atoms with E-state index in [9.17, 15) is 4.79 Å². The van der Waals surface area contributed by atoms with Crippen molar-refractivity contribution in [2.75, 3.05) is 19.6 Å². The van der Waals surface area contributed by atoms with Gasteiger partial charge in [0.2, 0.25) is 5.91 Å². The predicted octanol–water partition coefficient (Wildman–Crippen LogP) is 2.93. The predicted molar refractivity (Wildman–Crippen MR) is 109 cm³/mol. The summed E-state index contributed by atoms with van der Waals surface area (Å²) >= 11 is 0. The standard InChI is InChI=1S/C22H21N5O/c28-21-15-26(12-11-24-21)14-19-22(18-7-4-10-23-18)25-20-9-8-17(13-27(19)20)16-5-2-1-3-6-16/h1-10,13,23H,11-12,14-15H2,(H,24,28). The van der Waals surface area contributed by atoms with Gasteiger partial charge < -0.3 is 14.7 Å². The highest BCUT2D eigenvalue weighted by atomic mass is 16.2. The Hall–Kier alpha value is -3.38. The second kappa shape index (κ2) is 6.98. The number of benzene rings is 1. The molecule has 1 aliphatic rings. The molecule has 1 amide bonds. The highest BCUT2D eigenvalue weighted by Crippen LogP contribution is 2.27. The fraction of sp³-hybridized carbons (Fsp3) is 0.182. The van der Waals surface area contributed by atoms with Gasteiger partial charge in [0.25, 0.3) is 0 Å². The third-order valence-corrected chi connectivity index (χ3v) is 5.17. The molecule has 3 aromatic heterocycles. The minimum absolute atomic E-state index is 0.0754. The molecule has 1 saturated heterocycles. The van der Waals surface area contributed by atoms with Crippen molar-refractivity contribution < 1.29 is 4.79 Å². The molecule has 4 heterocycles. The number of carbonyl (C=O) groups is 1. The molecule has 0 aliphatic carbocycles. The Balaban J connectivity index is 1.63. The minimum atomic E-state index is 0.0754. The van der Waals surface area contributed by atoms with Gasteiger partial charge in [0.05, 0.1) is 17.9 Å². The van der Waals surface area contributed by atoms with Gasteiger partial charge in [-0.2, -0.15) is 0 Å². The van der Waals surface area contributed by atoms with E-state index in [1.54, 1.807) is 0 Å². The van der Waals surface area contributed by atoms with Crippen LogP contribution in [-0.2, 0) is 11.3 Å². The number of carbonyl (C=O) groups excluding carboxylic acids is 1. The number of H-pyrrole nitrogens is 1. The van der Waals surface area contributed by atoms with Crippen molar-refractivity contribution in [2.24, 2.45) is 0 Å². The number of aromatic amines is 1. The molecule has 0 radical (unpaired) electrons. The lowest BCUT2D eigenvalue weighted by molar-refractivity contribution is -0.124. The molecule has 5 rings (SSSR count). The molecule has 140 valence electrons. The van der Waals surface area contributed by atoms with Crippen LogP contribution in [0.25, 0.3) is 28.2 Å². The Labute approximate surface area is 162 Å². The lowest BCUT2D eigenvalue weighted by Gasteiger charge is -2.26. The number of hydrogen-bond acceptors (Lipinski definition) is 3. The summed E-state index contributed by atoms with van der Waals surface area (Å²) in [6.45, 7) is 2.60. The van der Waals surface area contributed by atoms with Gasteiger partial charge in [-0.15, -0.1) is 0 Å². The Morgan fingerprint density at radius 3 is 2.68 bits per heavy atom. The summed E-state index contributed by atoms with van der Waals surface area (Å²) in [6, 6.07) is 18.5. The Morgan fingerprint density at radius 1 is 1.00 bits per heavy atom. The Morgan fingerprint density at radius 2 is 1.89 bits per heavy atom. The summed E-state index contributed by atoms with van der Waals surface area (Å²) in [5, 5.41) is 2.89. The number of fused-ring (bicyclic) bond motifs is 1. The van der Waals surface area contributed by atoms with Crippen LogP contribution in [0.2, 0.25) is 0 Å². The first-order valence-corrected chi connectivity index (χ1v) is 9.47. The molecular formula is C22H21N5O. The van der Waals surface area contributed by atoms with E-state index in [-0.39, 0.29) is 5.91 Å². The number of hydrogen-bond donors (Lipinski definition) is 2. The zero-order valence-electron chi connectivity index (χ0n) is 15.4. The fourth-order valence-electron chi connectivity index (χ4n) is 3.78. The number of imidazole rings is 1. The quantitative estimate of drug-likeness (QED) is 0.580. The largest absolute Gasteiger partial charge is 0.360 e. The van der Waals surface area contributed by atoms with E-state index in [0.717, 1.165) is 34.8 Å². The van der Waals surface area contributed by atoms with E-state index in [0.29, 0.717) is 19.6 Å². The average Bonchev–Trinajstić information content (AvgIpc) is 3.37. The smallest absolute Gasteiger partial charge is 0.234 e. The fourth-order valence-corrected chi connectivity index (χ4v) is 3.78. The number of nitrogens with one attached hydrogen (secondary N) is 2. The summed E-state index contributed by atoms with van der Waals surface area (Å²) in [5.74, 6) is 0.0754. The van der Waals surface area contributed by atoms with Gasteiger partial charge in [-0.25, -0.2) is 4.98 Å². The molecule has 6 nitrogen and oxygen atoms in total. The van der Waals surface area contributed by atoms with Crippen molar-refractivity contribution in [2.45, 2.75) is 6.54 Å². The molecule has 0 bridgehead atoms. The van der Waals surface area contributed by atoms with Gasteiger partial charge in [-0.1, -0.05) is 30.3 Å². The summed E-state index contributed by atoms with van der Waals surface area (Å²) in [4.78, 5) is 22.2. The summed E-state index contributed by atoms with van der Waals surface area (Å²) in [6.07, 6.45) is 4.05. The number of piperazine rings is 1. The molecule has 4 aromatic rings. The topological polar surface area (TPSA) is 65.4 Å². The molecule has 28 heavy (non-hydrogen) atoms. The third kappa shape index (κ3) is 3.08. The van der Waals surface area contributed by atoms with Crippen molar-refractivity contribution in [3.63, 3.8) is 0 Å². The second-order valence-corrected chi connectivity index (χ2v) is 7.06. The first-order valence-electron chi connectivity index (χ1n) is 9.47. The lowest BCUT2D eigenvalue weighted by atomic mass is 10.1. The second-order valence-electron chi connectivity index (χ2n) is 7.06. The van der Waals surface area contributed by atoms with Crippen LogP contribution >= 0.6 is 0 Å². The van der Waals surface area contributed by atoms with Crippen molar-refractivity contribution >= 4 is 11.6 Å². The van der Waals surface area contributed by atoms with E-state index < -0.39 is 0 Å². The summed E-state index contributed by atoms with van der Waals surface area (Å²) in [5.41, 5.74) is 6.22. The monoisotopic (exact) mass is 371 g/mol. The van der Waals surface area contributed by atoms with Gasteiger partial charge in [-0.3, -0.25) is 9.69 Å². The van der Waals surface area contributed by atoms with Gasteiger partial charge in [0.15, 0.2) is 0 Å². The van der Waals surface area contributed by atoms with Gasteiger partial charge >= 0.3 is 0 Å². The van der Waals surface area contributed by atoms with Crippen molar-refractivity contribution in [3.8, 4) is 22.5 Å². The zero-order valence-corrected chi connectivity index (χ0v) is 15.4. The van der Waals surface area contributed by atoms with Crippen LogP contribution in [0.15, 0.2) is 67.0 Å². The maximum absolute atomic E-state index is 11.8. The molecule has 2 N–H and O–H groups in total. The van der Waals surface area contributed by atoms with Crippen molar-refractivity contribution in [3.05, 3.63) is 72.7 Å². The van der Waals surface area contributed by atoms with E-state index >= 15 is 0 Å². The van der Waals surface area contributed by atoms with Crippen LogP contribution < -0.4 is 5.32 Å². The van der Waals surface area contributed by atoms with Crippen molar-refractivity contribution in [1.82, 2.24) is 24.6 Å². The highest BCUT2D eigenvalue weighted by molar-refractivity contribution is 5.78. The van der Waals surface area contributed by atoms with E-state index in [1.807, 2.05) is 36.5 Å². The number of amides is 1. The minimum Gasteiger partial charge on any atom is -0.360 e. The van der Waals surface area contributed by atoms with Crippen LogP contribution in [0.1, 0.15) is 5.69 Å². The Kier molecular flexibility index (Phi) is 4.18. The van der Waals surface area contributed by atoms with E-state index in [4.69, 9.17) is 4.98 Å². The molecule has 0 spiro atoms. The molecular weight excluding hydrogens is 350 g/mol. The van der Waals surface area contributed by atoms with Crippen LogP contribution in [0.4, 0.5) is 0 Å². The number of rotatable bonds is 4. The molecule has 1 aliphatic heterocycles.